The quantitative estimate of drug-likeness (QED) is 0.896. The molecule has 2 nitrogen and oxygen atoms in total. The van der Waals surface area contributed by atoms with Crippen LogP contribution < -0.4 is 10.2 Å². The van der Waals surface area contributed by atoms with Crippen LogP contribution in [-0.4, -0.2) is 25.2 Å². The molecule has 1 aromatic rings. The van der Waals surface area contributed by atoms with Crippen LogP contribution in [0.5, 0.6) is 0 Å². The Labute approximate surface area is 125 Å². The van der Waals surface area contributed by atoms with Crippen molar-refractivity contribution in [2.45, 2.75) is 52.1 Å². The lowest BCUT2D eigenvalue weighted by Crippen LogP contribution is -2.47. The van der Waals surface area contributed by atoms with Crippen molar-refractivity contribution in [2.24, 2.45) is 0 Å². The van der Waals surface area contributed by atoms with Crippen molar-refractivity contribution in [1.82, 2.24) is 5.32 Å². The highest BCUT2D eigenvalue weighted by atomic mass is 79.9. The molecule has 1 N–H and O–H groups in total. The molecule has 0 saturated carbocycles. The minimum atomic E-state index is 0.599. The van der Waals surface area contributed by atoms with Crippen LogP contribution >= 0.6 is 15.9 Å². The van der Waals surface area contributed by atoms with Gasteiger partial charge in [0.15, 0.2) is 0 Å². The fraction of sp³-hybridized carbons (Fsp3) is 0.625. The smallest absolute Gasteiger partial charge is 0.0513 e. The molecule has 0 aliphatic carbocycles. The molecule has 2 rings (SSSR count). The highest BCUT2D eigenvalue weighted by Crippen LogP contribution is 2.32. The third-order valence-corrected chi connectivity index (χ3v) is 4.61. The average Bonchev–Trinajstić information content (AvgIpc) is 2.37. The molecule has 0 radical (unpaired) electrons. The van der Waals surface area contributed by atoms with E-state index in [-0.39, 0.29) is 0 Å². The number of benzene rings is 1. The molecule has 2 atom stereocenters. The van der Waals surface area contributed by atoms with Gasteiger partial charge in [0.2, 0.25) is 0 Å². The van der Waals surface area contributed by atoms with Gasteiger partial charge in [-0.25, -0.2) is 0 Å². The molecule has 1 fully saturated rings. The van der Waals surface area contributed by atoms with E-state index in [0.717, 1.165) is 13.1 Å². The Morgan fingerprint density at radius 3 is 2.84 bits per heavy atom. The first-order valence-electron chi connectivity index (χ1n) is 7.38. The summed E-state index contributed by atoms with van der Waals surface area (Å²) in [5.41, 5.74) is 2.65. The SMILES string of the molecule is CCCNC1CCN(c2ccc(C)cc2Br)C(C)C1. The maximum Gasteiger partial charge on any atom is 0.0513 e. The monoisotopic (exact) mass is 324 g/mol. The Bertz CT molecular complexity index is 419. The number of hydrogen-bond donors (Lipinski definition) is 1. The Balaban J connectivity index is 2.03. The van der Waals surface area contributed by atoms with Gasteiger partial charge in [0, 0.05) is 23.1 Å². The lowest BCUT2D eigenvalue weighted by Gasteiger charge is -2.40. The maximum absolute atomic E-state index is 3.71. The fourth-order valence-electron chi connectivity index (χ4n) is 2.91. The highest BCUT2D eigenvalue weighted by molar-refractivity contribution is 9.10. The molecule has 1 aliphatic rings. The molecule has 106 valence electrons. The predicted molar refractivity (Wildman–Crippen MR) is 87.0 cm³/mol. The molecule has 0 amide bonds. The van der Waals surface area contributed by atoms with E-state index in [9.17, 15) is 0 Å². The van der Waals surface area contributed by atoms with Gasteiger partial charge in [-0.15, -0.1) is 0 Å². The first-order valence-corrected chi connectivity index (χ1v) is 8.17. The summed E-state index contributed by atoms with van der Waals surface area (Å²) in [5.74, 6) is 0. The van der Waals surface area contributed by atoms with Crippen molar-refractivity contribution in [3.05, 3.63) is 28.2 Å². The van der Waals surface area contributed by atoms with Crippen molar-refractivity contribution < 1.29 is 0 Å². The first-order chi connectivity index (χ1) is 9.11. The summed E-state index contributed by atoms with van der Waals surface area (Å²) in [6.45, 7) is 9.00. The van der Waals surface area contributed by atoms with Crippen molar-refractivity contribution in [1.29, 1.82) is 0 Å². The summed E-state index contributed by atoms with van der Waals surface area (Å²) in [5, 5.41) is 3.66. The summed E-state index contributed by atoms with van der Waals surface area (Å²) >= 11 is 3.71. The summed E-state index contributed by atoms with van der Waals surface area (Å²) in [6.07, 6.45) is 3.70. The average molecular weight is 325 g/mol. The fourth-order valence-corrected chi connectivity index (χ4v) is 3.63. The largest absolute Gasteiger partial charge is 0.368 e. The third kappa shape index (κ3) is 3.73. The second-order valence-electron chi connectivity index (χ2n) is 5.67. The molecule has 1 aromatic carbocycles. The molecule has 1 aliphatic heterocycles. The minimum absolute atomic E-state index is 0.599. The van der Waals surface area contributed by atoms with Gasteiger partial charge in [0.1, 0.15) is 0 Å². The van der Waals surface area contributed by atoms with Crippen LogP contribution in [0.3, 0.4) is 0 Å². The van der Waals surface area contributed by atoms with Crippen LogP contribution in [0.1, 0.15) is 38.7 Å². The van der Waals surface area contributed by atoms with Gasteiger partial charge in [-0.05, 0) is 73.3 Å². The summed E-state index contributed by atoms with van der Waals surface area (Å²) in [6, 6.07) is 7.95. The van der Waals surface area contributed by atoms with Crippen LogP contribution in [0.4, 0.5) is 5.69 Å². The number of aryl methyl sites for hydroxylation is 1. The number of rotatable bonds is 4. The molecule has 0 spiro atoms. The molecular formula is C16H25BrN2. The number of nitrogens with one attached hydrogen (secondary N) is 1. The van der Waals surface area contributed by atoms with Gasteiger partial charge in [-0.3, -0.25) is 0 Å². The van der Waals surface area contributed by atoms with Crippen molar-refractivity contribution in [2.75, 3.05) is 18.0 Å². The molecule has 2 unspecified atom stereocenters. The zero-order valence-corrected chi connectivity index (χ0v) is 13.8. The number of anilines is 1. The Morgan fingerprint density at radius 1 is 1.42 bits per heavy atom. The van der Waals surface area contributed by atoms with Crippen molar-refractivity contribution in [3.8, 4) is 0 Å². The lowest BCUT2D eigenvalue weighted by molar-refractivity contribution is 0.368. The van der Waals surface area contributed by atoms with E-state index in [0.29, 0.717) is 12.1 Å². The second-order valence-corrected chi connectivity index (χ2v) is 6.53. The molecule has 1 heterocycles. The number of hydrogen-bond acceptors (Lipinski definition) is 2. The van der Waals surface area contributed by atoms with E-state index < -0.39 is 0 Å². The maximum atomic E-state index is 3.71. The van der Waals surface area contributed by atoms with Gasteiger partial charge in [0.25, 0.3) is 0 Å². The first kappa shape index (κ1) is 14.9. The topological polar surface area (TPSA) is 15.3 Å². The van der Waals surface area contributed by atoms with Crippen LogP contribution in [-0.2, 0) is 0 Å². The predicted octanol–water partition coefficient (Wildman–Crippen LogP) is 4.11. The van der Waals surface area contributed by atoms with Crippen LogP contribution in [0.2, 0.25) is 0 Å². The Kier molecular flexibility index (Phi) is 5.28. The number of halogens is 1. The Hall–Kier alpha value is -0.540. The summed E-state index contributed by atoms with van der Waals surface area (Å²) in [4.78, 5) is 2.54. The lowest BCUT2D eigenvalue weighted by atomic mass is 9.97. The zero-order chi connectivity index (χ0) is 13.8. The van der Waals surface area contributed by atoms with E-state index in [1.165, 1.54) is 35.0 Å². The molecule has 19 heavy (non-hydrogen) atoms. The summed E-state index contributed by atoms with van der Waals surface area (Å²) in [7, 11) is 0. The molecule has 0 bridgehead atoms. The molecule has 0 aromatic heterocycles. The third-order valence-electron chi connectivity index (χ3n) is 3.97. The normalized spacial score (nSPS) is 23.7. The van der Waals surface area contributed by atoms with Gasteiger partial charge in [0.05, 0.1) is 5.69 Å². The van der Waals surface area contributed by atoms with Crippen LogP contribution in [0, 0.1) is 6.92 Å². The second kappa shape index (κ2) is 6.76. The van der Waals surface area contributed by atoms with Gasteiger partial charge >= 0.3 is 0 Å². The highest BCUT2D eigenvalue weighted by Gasteiger charge is 2.26. The van der Waals surface area contributed by atoms with Gasteiger partial charge < -0.3 is 10.2 Å². The molecular weight excluding hydrogens is 300 g/mol. The van der Waals surface area contributed by atoms with E-state index >= 15 is 0 Å². The van der Waals surface area contributed by atoms with E-state index in [1.54, 1.807) is 0 Å². The number of nitrogens with zero attached hydrogens (tertiary/aromatic N) is 1. The van der Waals surface area contributed by atoms with Crippen molar-refractivity contribution >= 4 is 21.6 Å². The summed E-state index contributed by atoms with van der Waals surface area (Å²) < 4.78 is 1.22. The van der Waals surface area contributed by atoms with E-state index in [1.807, 2.05) is 0 Å². The Morgan fingerprint density at radius 2 is 2.21 bits per heavy atom. The zero-order valence-electron chi connectivity index (χ0n) is 12.2. The van der Waals surface area contributed by atoms with Gasteiger partial charge in [-0.1, -0.05) is 13.0 Å². The number of piperidine rings is 1. The standard InChI is InChI=1S/C16H25BrN2/c1-4-8-18-14-7-9-19(13(3)11-14)16-6-5-12(2)10-15(16)17/h5-6,10,13-14,18H,4,7-9,11H2,1-3H3. The van der Waals surface area contributed by atoms with Crippen LogP contribution in [0.15, 0.2) is 22.7 Å². The molecule has 3 heteroatoms. The van der Waals surface area contributed by atoms with Gasteiger partial charge in [-0.2, -0.15) is 0 Å². The van der Waals surface area contributed by atoms with E-state index in [4.69, 9.17) is 0 Å². The minimum Gasteiger partial charge on any atom is -0.368 e. The van der Waals surface area contributed by atoms with Crippen molar-refractivity contribution in [3.63, 3.8) is 0 Å². The van der Waals surface area contributed by atoms with E-state index in [2.05, 4.69) is 65.1 Å². The van der Waals surface area contributed by atoms with Crippen LogP contribution in [0.25, 0.3) is 0 Å². The molecule has 1 saturated heterocycles.